The van der Waals surface area contributed by atoms with E-state index in [0.29, 0.717) is 0 Å². The first-order chi connectivity index (χ1) is 9.25. The van der Waals surface area contributed by atoms with Crippen LogP contribution in [0.3, 0.4) is 0 Å². The Labute approximate surface area is 121 Å². The average molecular weight is 320 g/mol. The maximum absolute atomic E-state index is 6.38. The number of furan rings is 1. The van der Waals surface area contributed by atoms with E-state index in [0.717, 1.165) is 34.0 Å². The number of rotatable bonds is 2. The van der Waals surface area contributed by atoms with Gasteiger partial charge in [0.2, 0.25) is 0 Å². The summed E-state index contributed by atoms with van der Waals surface area (Å²) in [6.07, 6.45) is 8.37. The maximum atomic E-state index is 6.38. The fourth-order valence-corrected chi connectivity index (χ4v) is 3.17. The molecule has 0 amide bonds. The molecule has 0 bridgehead atoms. The predicted octanol–water partition coefficient (Wildman–Crippen LogP) is 5.09. The summed E-state index contributed by atoms with van der Waals surface area (Å²) in [5.41, 5.74) is 8.59. The van der Waals surface area contributed by atoms with Gasteiger partial charge in [0, 0.05) is 5.39 Å². The van der Waals surface area contributed by atoms with E-state index in [1.54, 1.807) is 0 Å². The second-order valence-electron chi connectivity index (χ2n) is 5.16. The zero-order valence-corrected chi connectivity index (χ0v) is 12.4. The number of fused-ring (bicyclic) bond motifs is 1. The summed E-state index contributed by atoms with van der Waals surface area (Å²) in [4.78, 5) is 0. The van der Waals surface area contributed by atoms with Crippen molar-refractivity contribution < 1.29 is 4.42 Å². The summed E-state index contributed by atoms with van der Waals surface area (Å²) >= 11 is 3.52. The molecule has 19 heavy (non-hydrogen) atoms. The molecule has 1 atom stereocenters. The third-order valence-corrected chi connectivity index (χ3v) is 4.42. The van der Waals surface area contributed by atoms with Crippen molar-refractivity contribution in [2.45, 2.75) is 38.1 Å². The number of nitrogens with two attached hydrogens (primary N) is 1. The molecule has 2 aromatic rings. The van der Waals surface area contributed by atoms with E-state index in [1.807, 2.05) is 12.1 Å². The van der Waals surface area contributed by atoms with Crippen LogP contribution < -0.4 is 5.73 Å². The van der Waals surface area contributed by atoms with Crippen LogP contribution in [-0.4, -0.2) is 0 Å². The Balaban J connectivity index is 1.94. The van der Waals surface area contributed by atoms with Crippen LogP contribution in [0, 0.1) is 0 Å². The molecule has 0 spiro atoms. The van der Waals surface area contributed by atoms with E-state index in [-0.39, 0.29) is 6.04 Å². The van der Waals surface area contributed by atoms with E-state index in [4.69, 9.17) is 10.2 Å². The average Bonchev–Trinajstić information content (AvgIpc) is 2.67. The molecule has 1 unspecified atom stereocenters. The first-order valence-electron chi connectivity index (χ1n) is 6.88. The number of para-hydroxylation sites is 1. The van der Waals surface area contributed by atoms with Crippen LogP contribution in [0.2, 0.25) is 0 Å². The Morgan fingerprint density at radius 3 is 2.95 bits per heavy atom. The van der Waals surface area contributed by atoms with Gasteiger partial charge in [-0.25, -0.2) is 0 Å². The van der Waals surface area contributed by atoms with Gasteiger partial charge in [-0.1, -0.05) is 24.6 Å². The maximum Gasteiger partial charge on any atom is 0.148 e. The van der Waals surface area contributed by atoms with Crippen molar-refractivity contribution in [1.82, 2.24) is 0 Å². The second-order valence-corrected chi connectivity index (χ2v) is 6.02. The van der Waals surface area contributed by atoms with Gasteiger partial charge in [-0.2, -0.15) is 0 Å². The van der Waals surface area contributed by atoms with Crippen molar-refractivity contribution >= 4 is 26.9 Å². The van der Waals surface area contributed by atoms with E-state index >= 15 is 0 Å². The standard InChI is InChI=1S/C16H18BrNO/c17-13-9-5-8-12-10-14(19-16(12)13)15(18)11-6-3-1-2-4-7-11/h5-6,8-10,15H,1-4,7,18H2. The Kier molecular flexibility index (Phi) is 3.76. The van der Waals surface area contributed by atoms with E-state index < -0.39 is 0 Å². The molecule has 1 aromatic carbocycles. The Hall–Kier alpha value is -1.06. The predicted molar refractivity (Wildman–Crippen MR) is 82.0 cm³/mol. The van der Waals surface area contributed by atoms with Crippen LogP contribution in [0.4, 0.5) is 0 Å². The molecule has 0 fully saturated rings. The Morgan fingerprint density at radius 1 is 1.21 bits per heavy atom. The van der Waals surface area contributed by atoms with Gasteiger partial charge in [-0.05, 0) is 59.3 Å². The molecular weight excluding hydrogens is 302 g/mol. The Bertz CT molecular complexity index is 614. The number of benzene rings is 1. The Morgan fingerprint density at radius 2 is 2.11 bits per heavy atom. The SMILES string of the molecule is NC(C1=CCCCCC1)c1cc2cccc(Br)c2o1. The van der Waals surface area contributed by atoms with Crippen LogP contribution >= 0.6 is 15.9 Å². The zero-order chi connectivity index (χ0) is 13.2. The fraction of sp³-hybridized carbons (Fsp3) is 0.375. The molecule has 3 rings (SSSR count). The van der Waals surface area contributed by atoms with E-state index in [9.17, 15) is 0 Å². The quantitative estimate of drug-likeness (QED) is 0.783. The summed E-state index contributed by atoms with van der Waals surface area (Å²) in [5.74, 6) is 0.870. The minimum atomic E-state index is -0.0996. The van der Waals surface area contributed by atoms with Crippen molar-refractivity contribution in [2.24, 2.45) is 5.73 Å². The molecule has 1 heterocycles. The normalized spacial score (nSPS) is 18.1. The van der Waals surface area contributed by atoms with Gasteiger partial charge >= 0.3 is 0 Å². The van der Waals surface area contributed by atoms with Crippen molar-refractivity contribution in [3.8, 4) is 0 Å². The van der Waals surface area contributed by atoms with Gasteiger partial charge in [0.05, 0.1) is 10.5 Å². The third kappa shape index (κ3) is 2.63. The molecule has 0 saturated carbocycles. The summed E-state index contributed by atoms with van der Waals surface area (Å²) in [6.45, 7) is 0. The molecule has 0 saturated heterocycles. The number of halogens is 1. The first kappa shape index (κ1) is 12.9. The molecule has 1 aliphatic rings. The third-order valence-electron chi connectivity index (χ3n) is 3.80. The number of hydrogen-bond acceptors (Lipinski definition) is 2. The number of hydrogen-bond donors (Lipinski definition) is 1. The smallest absolute Gasteiger partial charge is 0.148 e. The largest absolute Gasteiger partial charge is 0.458 e. The van der Waals surface area contributed by atoms with Crippen LogP contribution in [0.1, 0.15) is 43.9 Å². The van der Waals surface area contributed by atoms with Crippen LogP contribution in [0.25, 0.3) is 11.0 Å². The highest BCUT2D eigenvalue weighted by Gasteiger charge is 2.18. The van der Waals surface area contributed by atoms with Gasteiger partial charge in [0.25, 0.3) is 0 Å². The first-order valence-corrected chi connectivity index (χ1v) is 7.67. The monoisotopic (exact) mass is 319 g/mol. The number of allylic oxidation sites excluding steroid dienone is 1. The topological polar surface area (TPSA) is 39.2 Å². The highest BCUT2D eigenvalue weighted by Crippen LogP contribution is 2.33. The second kappa shape index (κ2) is 5.51. The van der Waals surface area contributed by atoms with Crippen molar-refractivity contribution in [1.29, 1.82) is 0 Å². The van der Waals surface area contributed by atoms with Crippen LogP contribution in [-0.2, 0) is 0 Å². The summed E-state index contributed by atoms with van der Waals surface area (Å²) < 4.78 is 6.93. The van der Waals surface area contributed by atoms with E-state index in [2.05, 4.69) is 34.1 Å². The lowest BCUT2D eigenvalue weighted by Crippen LogP contribution is -2.12. The van der Waals surface area contributed by atoms with Gasteiger partial charge in [0.15, 0.2) is 0 Å². The van der Waals surface area contributed by atoms with Gasteiger partial charge < -0.3 is 10.2 Å². The molecule has 1 aromatic heterocycles. The summed E-state index contributed by atoms with van der Waals surface area (Å²) in [6, 6.07) is 8.03. The van der Waals surface area contributed by atoms with Crippen molar-refractivity contribution in [3.63, 3.8) is 0 Å². The lowest BCUT2D eigenvalue weighted by Gasteiger charge is -2.12. The zero-order valence-electron chi connectivity index (χ0n) is 10.9. The van der Waals surface area contributed by atoms with Gasteiger partial charge in [-0.15, -0.1) is 0 Å². The minimum absolute atomic E-state index is 0.0996. The van der Waals surface area contributed by atoms with Crippen LogP contribution in [0.15, 0.2) is 44.8 Å². The lowest BCUT2D eigenvalue weighted by atomic mass is 10.0. The van der Waals surface area contributed by atoms with Gasteiger partial charge in [0.1, 0.15) is 11.3 Å². The highest BCUT2D eigenvalue weighted by atomic mass is 79.9. The molecule has 0 radical (unpaired) electrons. The molecule has 1 aliphatic carbocycles. The molecule has 100 valence electrons. The summed E-state index contributed by atoms with van der Waals surface area (Å²) in [5, 5.41) is 1.11. The molecular formula is C16H18BrNO. The van der Waals surface area contributed by atoms with Crippen LogP contribution in [0.5, 0.6) is 0 Å². The molecule has 2 nitrogen and oxygen atoms in total. The highest BCUT2D eigenvalue weighted by molar-refractivity contribution is 9.10. The van der Waals surface area contributed by atoms with Gasteiger partial charge in [-0.3, -0.25) is 0 Å². The molecule has 2 N–H and O–H groups in total. The molecule has 0 aliphatic heterocycles. The fourth-order valence-electron chi connectivity index (χ4n) is 2.71. The minimum Gasteiger partial charge on any atom is -0.458 e. The summed E-state index contributed by atoms with van der Waals surface area (Å²) in [7, 11) is 0. The van der Waals surface area contributed by atoms with E-state index in [1.165, 1.54) is 24.8 Å². The lowest BCUT2D eigenvalue weighted by molar-refractivity contribution is 0.513. The van der Waals surface area contributed by atoms with Crippen molar-refractivity contribution in [2.75, 3.05) is 0 Å². The molecule has 3 heteroatoms. The van der Waals surface area contributed by atoms with Crippen molar-refractivity contribution in [3.05, 3.63) is 46.1 Å².